The maximum atomic E-state index is 11.8. The van der Waals surface area contributed by atoms with Crippen molar-refractivity contribution in [3.8, 4) is 0 Å². The molecule has 0 amide bonds. The third-order valence-electron chi connectivity index (χ3n) is 3.98. The molecule has 2 heteroatoms. The summed E-state index contributed by atoms with van der Waals surface area (Å²) in [5.74, 6) is 0.156. The highest BCUT2D eigenvalue weighted by molar-refractivity contribution is 5.87. The van der Waals surface area contributed by atoms with Crippen molar-refractivity contribution in [2.75, 3.05) is 0 Å². The SMILES string of the molecule is C=C(C)C(=O)OC(CC)(CC)C(C)CCCCC. The summed E-state index contributed by atoms with van der Waals surface area (Å²) in [6, 6.07) is 0. The lowest BCUT2D eigenvalue weighted by Gasteiger charge is -2.37. The zero-order valence-electron chi connectivity index (χ0n) is 12.8. The number of hydrogen-bond acceptors (Lipinski definition) is 2. The van der Waals surface area contributed by atoms with Crippen LogP contribution in [-0.4, -0.2) is 11.6 Å². The summed E-state index contributed by atoms with van der Waals surface area (Å²) < 4.78 is 5.75. The average Bonchev–Trinajstić information content (AvgIpc) is 2.35. The van der Waals surface area contributed by atoms with E-state index in [0.29, 0.717) is 11.5 Å². The van der Waals surface area contributed by atoms with Gasteiger partial charge in [-0.15, -0.1) is 0 Å². The minimum atomic E-state index is -0.316. The molecule has 0 aromatic rings. The van der Waals surface area contributed by atoms with Crippen LogP contribution in [-0.2, 0) is 9.53 Å². The molecule has 0 spiro atoms. The Hall–Kier alpha value is -0.790. The highest BCUT2D eigenvalue weighted by atomic mass is 16.6. The minimum Gasteiger partial charge on any atom is -0.455 e. The first-order valence-corrected chi connectivity index (χ1v) is 7.32. The number of esters is 1. The van der Waals surface area contributed by atoms with Crippen molar-refractivity contribution in [1.29, 1.82) is 0 Å². The predicted molar refractivity (Wildman–Crippen MR) is 77.5 cm³/mol. The quantitative estimate of drug-likeness (QED) is 0.333. The van der Waals surface area contributed by atoms with Gasteiger partial charge in [-0.25, -0.2) is 4.79 Å². The van der Waals surface area contributed by atoms with Gasteiger partial charge in [0.1, 0.15) is 5.60 Å². The van der Waals surface area contributed by atoms with Crippen LogP contribution in [0.15, 0.2) is 12.2 Å². The Morgan fingerprint density at radius 2 is 1.78 bits per heavy atom. The first-order valence-electron chi connectivity index (χ1n) is 7.32. The Balaban J connectivity index is 4.67. The zero-order valence-corrected chi connectivity index (χ0v) is 12.8. The van der Waals surface area contributed by atoms with Crippen LogP contribution in [0, 0.1) is 5.92 Å². The molecule has 0 N–H and O–H groups in total. The van der Waals surface area contributed by atoms with E-state index in [2.05, 4.69) is 34.3 Å². The van der Waals surface area contributed by atoms with Gasteiger partial charge in [0, 0.05) is 5.57 Å². The molecule has 0 fully saturated rings. The maximum absolute atomic E-state index is 11.8. The molecule has 0 heterocycles. The van der Waals surface area contributed by atoms with Crippen molar-refractivity contribution in [3.63, 3.8) is 0 Å². The van der Waals surface area contributed by atoms with E-state index in [1.165, 1.54) is 19.3 Å². The molecule has 18 heavy (non-hydrogen) atoms. The van der Waals surface area contributed by atoms with Crippen molar-refractivity contribution in [2.24, 2.45) is 5.92 Å². The molecule has 0 saturated carbocycles. The highest BCUT2D eigenvalue weighted by Crippen LogP contribution is 2.33. The lowest BCUT2D eigenvalue weighted by Crippen LogP contribution is -2.40. The van der Waals surface area contributed by atoms with Crippen LogP contribution in [0.1, 0.15) is 73.1 Å². The smallest absolute Gasteiger partial charge is 0.333 e. The average molecular weight is 254 g/mol. The van der Waals surface area contributed by atoms with Gasteiger partial charge < -0.3 is 4.74 Å². The number of hydrogen-bond donors (Lipinski definition) is 0. The molecule has 0 rings (SSSR count). The summed E-state index contributed by atoms with van der Waals surface area (Å²) in [5, 5.41) is 0. The summed E-state index contributed by atoms with van der Waals surface area (Å²) >= 11 is 0. The van der Waals surface area contributed by atoms with Crippen LogP contribution < -0.4 is 0 Å². The van der Waals surface area contributed by atoms with Crippen molar-refractivity contribution in [3.05, 3.63) is 12.2 Å². The van der Waals surface area contributed by atoms with Crippen molar-refractivity contribution in [1.82, 2.24) is 0 Å². The van der Waals surface area contributed by atoms with Crippen LogP contribution in [0.3, 0.4) is 0 Å². The summed E-state index contributed by atoms with van der Waals surface area (Å²) in [4.78, 5) is 11.8. The molecule has 0 saturated heterocycles. The molecular formula is C16H30O2. The molecule has 1 atom stereocenters. The van der Waals surface area contributed by atoms with Gasteiger partial charge in [-0.2, -0.15) is 0 Å². The fourth-order valence-electron chi connectivity index (χ4n) is 2.43. The van der Waals surface area contributed by atoms with Crippen LogP contribution >= 0.6 is 0 Å². The van der Waals surface area contributed by atoms with Crippen molar-refractivity contribution >= 4 is 5.97 Å². The normalized spacial score (nSPS) is 13.2. The Labute approximate surface area is 113 Å². The first kappa shape index (κ1) is 17.2. The Kier molecular flexibility index (Phi) is 7.97. The van der Waals surface area contributed by atoms with Crippen LogP contribution in [0.25, 0.3) is 0 Å². The fourth-order valence-corrected chi connectivity index (χ4v) is 2.43. The third kappa shape index (κ3) is 4.83. The zero-order chi connectivity index (χ0) is 14.2. The number of ether oxygens (including phenoxy) is 1. The summed E-state index contributed by atoms with van der Waals surface area (Å²) in [6.45, 7) is 14.0. The van der Waals surface area contributed by atoms with E-state index in [0.717, 1.165) is 19.3 Å². The van der Waals surface area contributed by atoms with E-state index in [-0.39, 0.29) is 11.6 Å². The third-order valence-corrected chi connectivity index (χ3v) is 3.98. The van der Waals surface area contributed by atoms with Crippen LogP contribution in [0.5, 0.6) is 0 Å². The van der Waals surface area contributed by atoms with Crippen LogP contribution in [0.2, 0.25) is 0 Å². The molecule has 106 valence electrons. The van der Waals surface area contributed by atoms with Crippen LogP contribution in [0.4, 0.5) is 0 Å². The van der Waals surface area contributed by atoms with Gasteiger partial charge in [-0.1, -0.05) is 53.5 Å². The molecular weight excluding hydrogens is 224 g/mol. The second-order valence-corrected chi connectivity index (χ2v) is 5.34. The van der Waals surface area contributed by atoms with E-state index < -0.39 is 0 Å². The predicted octanol–water partition coefficient (Wildman–Crippen LogP) is 4.88. The highest BCUT2D eigenvalue weighted by Gasteiger charge is 2.36. The number of carbonyl (C=O) groups excluding carboxylic acids is 1. The molecule has 0 aliphatic carbocycles. The Morgan fingerprint density at radius 1 is 1.22 bits per heavy atom. The Bertz CT molecular complexity index is 264. The van der Waals surface area contributed by atoms with Gasteiger partial charge in [-0.3, -0.25) is 0 Å². The molecule has 0 bridgehead atoms. The summed E-state index contributed by atoms with van der Waals surface area (Å²) in [5.41, 5.74) is 0.172. The van der Waals surface area contributed by atoms with E-state index in [1.807, 2.05) is 0 Å². The van der Waals surface area contributed by atoms with Gasteiger partial charge >= 0.3 is 5.97 Å². The molecule has 2 nitrogen and oxygen atoms in total. The van der Waals surface area contributed by atoms with Gasteiger partial charge in [0.2, 0.25) is 0 Å². The summed E-state index contributed by atoms with van der Waals surface area (Å²) in [6.07, 6.45) is 6.56. The maximum Gasteiger partial charge on any atom is 0.333 e. The largest absolute Gasteiger partial charge is 0.455 e. The molecule has 0 aliphatic rings. The molecule has 0 aromatic heterocycles. The number of rotatable bonds is 9. The number of unbranched alkanes of at least 4 members (excludes halogenated alkanes) is 2. The van der Waals surface area contributed by atoms with Crippen molar-refractivity contribution < 1.29 is 9.53 Å². The lowest BCUT2D eigenvalue weighted by atomic mass is 9.80. The summed E-state index contributed by atoms with van der Waals surface area (Å²) in [7, 11) is 0. The van der Waals surface area contributed by atoms with E-state index in [1.54, 1.807) is 6.92 Å². The molecule has 0 radical (unpaired) electrons. The minimum absolute atomic E-state index is 0.249. The van der Waals surface area contributed by atoms with Gasteiger partial charge in [-0.05, 0) is 32.1 Å². The number of carbonyl (C=O) groups is 1. The lowest BCUT2D eigenvalue weighted by molar-refractivity contribution is -0.162. The fraction of sp³-hybridized carbons (Fsp3) is 0.812. The van der Waals surface area contributed by atoms with Gasteiger partial charge in [0.05, 0.1) is 0 Å². The molecule has 0 aromatic carbocycles. The first-order chi connectivity index (χ1) is 8.43. The topological polar surface area (TPSA) is 26.3 Å². The van der Waals surface area contributed by atoms with E-state index >= 15 is 0 Å². The van der Waals surface area contributed by atoms with Gasteiger partial charge in [0.25, 0.3) is 0 Å². The second kappa shape index (κ2) is 8.34. The van der Waals surface area contributed by atoms with E-state index in [9.17, 15) is 4.79 Å². The standard InChI is InChI=1S/C16H30O2/c1-7-10-11-12-14(6)16(8-2,9-3)18-15(17)13(4)5/h14H,4,7-12H2,1-3,5-6H3. The molecule has 0 aliphatic heterocycles. The van der Waals surface area contributed by atoms with Crippen molar-refractivity contribution in [2.45, 2.75) is 78.7 Å². The van der Waals surface area contributed by atoms with Gasteiger partial charge in [0.15, 0.2) is 0 Å². The van der Waals surface area contributed by atoms with E-state index in [4.69, 9.17) is 4.74 Å². The Morgan fingerprint density at radius 3 is 2.17 bits per heavy atom. The monoisotopic (exact) mass is 254 g/mol. The second-order valence-electron chi connectivity index (χ2n) is 5.34. The molecule has 1 unspecified atom stereocenters.